The largest absolute Gasteiger partial charge is 0.496 e. The first-order chi connectivity index (χ1) is 11.0. The van der Waals surface area contributed by atoms with Crippen molar-refractivity contribution in [3.63, 3.8) is 0 Å². The molecular weight excluding hydrogens is 365 g/mol. The van der Waals surface area contributed by atoms with Crippen molar-refractivity contribution in [1.82, 2.24) is 4.98 Å². The molecule has 3 rings (SSSR count). The van der Waals surface area contributed by atoms with E-state index in [-0.39, 0.29) is 6.42 Å². The Balaban J connectivity index is 2.32. The van der Waals surface area contributed by atoms with E-state index in [1.54, 1.807) is 19.2 Å². The number of aliphatic carboxylic acids is 1. The third-order valence-corrected chi connectivity index (χ3v) is 4.12. The monoisotopic (exact) mass is 377 g/mol. The summed E-state index contributed by atoms with van der Waals surface area (Å²) in [7, 11) is 1.55. The van der Waals surface area contributed by atoms with E-state index in [4.69, 9.17) is 4.74 Å². The average Bonchev–Trinajstić information content (AvgIpc) is 2.84. The van der Waals surface area contributed by atoms with Crippen molar-refractivity contribution in [2.24, 2.45) is 0 Å². The summed E-state index contributed by atoms with van der Waals surface area (Å²) in [5, 5.41) is 9.78. The molecule has 0 unspecified atom stereocenters. The zero-order chi connectivity index (χ0) is 16.6. The maximum absolute atomic E-state index is 13.6. The predicted octanol–water partition coefficient (Wildman–Crippen LogP) is 4.37. The zero-order valence-electron chi connectivity index (χ0n) is 12.2. The number of rotatable bonds is 4. The molecule has 0 aliphatic heterocycles. The third-order valence-electron chi connectivity index (χ3n) is 3.63. The summed E-state index contributed by atoms with van der Waals surface area (Å²) >= 11 is 3.41. The van der Waals surface area contributed by atoms with Gasteiger partial charge in [-0.05, 0) is 42.0 Å². The number of methoxy groups -OCH3 is 1. The molecule has 0 radical (unpaired) electrons. The van der Waals surface area contributed by atoms with Crippen LogP contribution in [0.2, 0.25) is 0 Å². The molecule has 0 fully saturated rings. The Bertz CT molecular complexity index is 904. The predicted molar refractivity (Wildman–Crippen MR) is 89.3 cm³/mol. The van der Waals surface area contributed by atoms with Gasteiger partial charge in [0.05, 0.1) is 19.2 Å². The number of halogens is 2. The molecule has 0 aliphatic carbocycles. The van der Waals surface area contributed by atoms with E-state index in [1.807, 2.05) is 12.1 Å². The van der Waals surface area contributed by atoms with Crippen LogP contribution < -0.4 is 4.74 Å². The molecule has 0 saturated heterocycles. The number of ether oxygens (including phenoxy) is 1. The number of hydrogen-bond donors (Lipinski definition) is 2. The number of carbonyl (C=O) groups is 1. The molecule has 1 heterocycles. The van der Waals surface area contributed by atoms with Gasteiger partial charge in [-0.15, -0.1) is 0 Å². The minimum atomic E-state index is -0.981. The van der Waals surface area contributed by atoms with Crippen molar-refractivity contribution >= 4 is 32.8 Å². The van der Waals surface area contributed by atoms with Crippen LogP contribution in [-0.4, -0.2) is 23.2 Å². The van der Waals surface area contributed by atoms with Gasteiger partial charge in [0, 0.05) is 20.9 Å². The number of carboxylic acids is 1. The number of hydrogen-bond acceptors (Lipinski definition) is 2. The lowest BCUT2D eigenvalue weighted by Gasteiger charge is -2.09. The number of fused-ring (bicyclic) bond motifs is 1. The Morgan fingerprint density at radius 3 is 2.78 bits per heavy atom. The molecule has 2 N–H and O–H groups in total. The van der Waals surface area contributed by atoms with Gasteiger partial charge in [-0.2, -0.15) is 0 Å². The molecule has 0 bridgehead atoms. The van der Waals surface area contributed by atoms with Crippen LogP contribution in [0, 0.1) is 5.82 Å². The van der Waals surface area contributed by atoms with Crippen LogP contribution >= 0.6 is 15.9 Å². The summed E-state index contributed by atoms with van der Waals surface area (Å²) in [5.41, 5.74) is 2.55. The first-order valence-corrected chi connectivity index (χ1v) is 7.64. The van der Waals surface area contributed by atoms with Crippen molar-refractivity contribution in [3.8, 4) is 17.0 Å². The molecule has 3 aromatic rings. The number of benzene rings is 2. The summed E-state index contributed by atoms with van der Waals surface area (Å²) in [4.78, 5) is 14.4. The Morgan fingerprint density at radius 1 is 1.30 bits per heavy atom. The number of aromatic amines is 1. The van der Waals surface area contributed by atoms with Crippen LogP contribution in [0.3, 0.4) is 0 Å². The van der Waals surface area contributed by atoms with E-state index in [1.165, 1.54) is 12.1 Å². The summed E-state index contributed by atoms with van der Waals surface area (Å²) in [6.07, 6.45) is -0.214. The second-order valence-electron chi connectivity index (χ2n) is 5.08. The first kappa shape index (κ1) is 15.6. The lowest BCUT2D eigenvalue weighted by molar-refractivity contribution is -0.136. The van der Waals surface area contributed by atoms with Crippen molar-refractivity contribution in [2.45, 2.75) is 6.42 Å². The van der Waals surface area contributed by atoms with Crippen molar-refractivity contribution in [2.75, 3.05) is 7.11 Å². The lowest BCUT2D eigenvalue weighted by Crippen LogP contribution is -2.01. The Morgan fingerprint density at radius 2 is 2.09 bits per heavy atom. The normalized spacial score (nSPS) is 10.9. The molecule has 4 nitrogen and oxygen atoms in total. The standard InChI is InChI=1S/C17H13BrFNO3/c1-23-15-5-2-9(18)6-13(15)17-12(8-16(21)22)11-7-10(19)3-4-14(11)20-17/h2-7,20H,8H2,1H3,(H,21,22). The minimum absolute atomic E-state index is 0.214. The van der Waals surface area contributed by atoms with Crippen LogP contribution in [0.15, 0.2) is 40.9 Å². The highest BCUT2D eigenvalue weighted by Gasteiger charge is 2.19. The summed E-state index contributed by atoms with van der Waals surface area (Å²) < 4.78 is 19.8. The number of carboxylic acid groups (broad SMARTS) is 1. The minimum Gasteiger partial charge on any atom is -0.496 e. The second kappa shape index (κ2) is 6.04. The summed E-state index contributed by atoms with van der Waals surface area (Å²) in [5.74, 6) is -0.784. The van der Waals surface area contributed by atoms with E-state index < -0.39 is 11.8 Å². The topological polar surface area (TPSA) is 62.3 Å². The van der Waals surface area contributed by atoms with Gasteiger partial charge in [-0.3, -0.25) is 4.79 Å². The van der Waals surface area contributed by atoms with Crippen LogP contribution in [0.25, 0.3) is 22.2 Å². The molecule has 6 heteroatoms. The Hall–Kier alpha value is -2.34. The number of H-pyrrole nitrogens is 1. The Labute approximate surface area is 140 Å². The highest BCUT2D eigenvalue weighted by molar-refractivity contribution is 9.10. The van der Waals surface area contributed by atoms with Gasteiger partial charge in [0.25, 0.3) is 0 Å². The van der Waals surface area contributed by atoms with E-state index in [0.29, 0.717) is 27.9 Å². The quantitative estimate of drug-likeness (QED) is 0.709. The average molecular weight is 378 g/mol. The molecule has 1 aromatic heterocycles. The maximum Gasteiger partial charge on any atom is 0.307 e. The number of aromatic nitrogens is 1. The second-order valence-corrected chi connectivity index (χ2v) is 6.00. The van der Waals surface area contributed by atoms with Crippen molar-refractivity contribution < 1.29 is 19.0 Å². The Kier molecular flexibility index (Phi) is 4.09. The fourth-order valence-corrected chi connectivity index (χ4v) is 3.02. The van der Waals surface area contributed by atoms with Gasteiger partial charge >= 0.3 is 5.97 Å². The molecular formula is C17H13BrFNO3. The van der Waals surface area contributed by atoms with Gasteiger partial charge in [0.1, 0.15) is 11.6 Å². The fraction of sp³-hybridized carbons (Fsp3) is 0.118. The van der Waals surface area contributed by atoms with Crippen LogP contribution in [0.1, 0.15) is 5.56 Å². The summed E-state index contributed by atoms with van der Waals surface area (Å²) in [6.45, 7) is 0. The molecule has 23 heavy (non-hydrogen) atoms. The van der Waals surface area contributed by atoms with E-state index in [2.05, 4.69) is 20.9 Å². The lowest BCUT2D eigenvalue weighted by atomic mass is 10.0. The molecule has 0 atom stereocenters. The van der Waals surface area contributed by atoms with Crippen LogP contribution in [-0.2, 0) is 11.2 Å². The summed E-state index contributed by atoms with van der Waals surface area (Å²) in [6, 6.07) is 9.75. The zero-order valence-corrected chi connectivity index (χ0v) is 13.8. The molecule has 118 valence electrons. The van der Waals surface area contributed by atoms with Crippen molar-refractivity contribution in [3.05, 3.63) is 52.3 Å². The first-order valence-electron chi connectivity index (χ1n) is 6.85. The molecule has 2 aromatic carbocycles. The van der Waals surface area contributed by atoms with Gasteiger partial charge in [-0.25, -0.2) is 4.39 Å². The maximum atomic E-state index is 13.6. The van der Waals surface area contributed by atoms with E-state index >= 15 is 0 Å². The van der Waals surface area contributed by atoms with Crippen LogP contribution in [0.5, 0.6) is 5.75 Å². The van der Waals surface area contributed by atoms with E-state index in [9.17, 15) is 14.3 Å². The molecule has 0 aliphatic rings. The molecule has 0 spiro atoms. The smallest absolute Gasteiger partial charge is 0.307 e. The molecule has 0 amide bonds. The molecule has 0 saturated carbocycles. The van der Waals surface area contributed by atoms with E-state index in [0.717, 1.165) is 10.0 Å². The van der Waals surface area contributed by atoms with Gasteiger partial charge in [0.15, 0.2) is 0 Å². The number of nitrogens with one attached hydrogen (secondary N) is 1. The third kappa shape index (κ3) is 2.94. The van der Waals surface area contributed by atoms with Gasteiger partial charge in [-0.1, -0.05) is 15.9 Å². The highest BCUT2D eigenvalue weighted by Crippen LogP contribution is 2.37. The van der Waals surface area contributed by atoms with Gasteiger partial charge in [0.2, 0.25) is 0 Å². The van der Waals surface area contributed by atoms with Gasteiger partial charge < -0.3 is 14.8 Å². The fourth-order valence-electron chi connectivity index (χ4n) is 2.66. The highest BCUT2D eigenvalue weighted by atomic mass is 79.9. The SMILES string of the molecule is COc1ccc(Br)cc1-c1[nH]c2ccc(F)cc2c1CC(=O)O. The van der Waals surface area contributed by atoms with Crippen LogP contribution in [0.4, 0.5) is 4.39 Å². The van der Waals surface area contributed by atoms with Crippen molar-refractivity contribution in [1.29, 1.82) is 0 Å².